The van der Waals surface area contributed by atoms with Gasteiger partial charge in [0, 0.05) is 25.0 Å². The highest BCUT2D eigenvalue weighted by Crippen LogP contribution is 2.13. The van der Waals surface area contributed by atoms with Crippen molar-refractivity contribution in [1.29, 1.82) is 0 Å². The second kappa shape index (κ2) is 6.17. The summed E-state index contributed by atoms with van der Waals surface area (Å²) in [6.07, 6.45) is 3.68. The fraction of sp³-hybridized carbons (Fsp3) is 0.0625. The Morgan fingerprint density at radius 1 is 1.05 bits per heavy atom. The molecule has 2 aromatic carbocycles. The zero-order chi connectivity index (χ0) is 15.4. The molecular formula is C16H14FN5. The monoisotopic (exact) mass is 295 g/mol. The molecule has 0 unspecified atom stereocenters. The van der Waals surface area contributed by atoms with E-state index in [2.05, 4.69) is 15.5 Å². The molecule has 0 bridgehead atoms. The minimum absolute atomic E-state index is 0.294. The van der Waals surface area contributed by atoms with Crippen molar-refractivity contribution in [2.45, 2.75) is 0 Å². The Kier molecular flexibility index (Phi) is 3.91. The fourth-order valence-electron chi connectivity index (χ4n) is 1.99. The van der Waals surface area contributed by atoms with Gasteiger partial charge in [-0.25, -0.2) is 4.39 Å². The molecule has 6 heteroatoms. The van der Waals surface area contributed by atoms with Crippen LogP contribution in [0.3, 0.4) is 0 Å². The predicted octanol–water partition coefficient (Wildman–Crippen LogP) is 2.91. The smallest absolute Gasteiger partial charge is 0.181 e. The zero-order valence-electron chi connectivity index (χ0n) is 12.0. The van der Waals surface area contributed by atoms with Crippen LogP contribution in [-0.4, -0.2) is 27.3 Å². The van der Waals surface area contributed by atoms with Crippen molar-refractivity contribution in [3.05, 3.63) is 72.4 Å². The van der Waals surface area contributed by atoms with Crippen LogP contribution in [0.5, 0.6) is 0 Å². The number of halogens is 1. The molecule has 0 saturated heterocycles. The summed E-state index contributed by atoms with van der Waals surface area (Å²) < 4.78 is 14.5. The standard InChI is InChI=1S/C16H14FN5/c1-21(14-5-3-2-4-6-14)12-11-16-18-19-20-22(16)15-9-7-13(17)8-10-15/h2-12H,1H3. The third-order valence-corrected chi connectivity index (χ3v) is 3.18. The average Bonchev–Trinajstić information content (AvgIpc) is 3.02. The van der Waals surface area contributed by atoms with Gasteiger partial charge in [-0.15, -0.1) is 5.10 Å². The normalized spacial score (nSPS) is 11.0. The second-order valence-corrected chi connectivity index (χ2v) is 4.69. The van der Waals surface area contributed by atoms with E-state index in [4.69, 9.17) is 0 Å². The van der Waals surface area contributed by atoms with Crippen LogP contribution in [0.1, 0.15) is 5.82 Å². The molecule has 0 N–H and O–H groups in total. The van der Waals surface area contributed by atoms with E-state index in [-0.39, 0.29) is 5.82 Å². The first-order valence-corrected chi connectivity index (χ1v) is 6.74. The van der Waals surface area contributed by atoms with Crippen LogP contribution in [0.2, 0.25) is 0 Å². The van der Waals surface area contributed by atoms with Crippen molar-refractivity contribution in [2.75, 3.05) is 11.9 Å². The van der Waals surface area contributed by atoms with E-state index >= 15 is 0 Å². The van der Waals surface area contributed by atoms with Crippen molar-refractivity contribution >= 4 is 11.8 Å². The van der Waals surface area contributed by atoms with Crippen LogP contribution in [0.25, 0.3) is 11.8 Å². The Morgan fingerprint density at radius 3 is 2.50 bits per heavy atom. The lowest BCUT2D eigenvalue weighted by atomic mass is 10.3. The Balaban J connectivity index is 1.83. The molecule has 1 heterocycles. The van der Waals surface area contributed by atoms with Gasteiger partial charge in [0.2, 0.25) is 0 Å². The first-order valence-electron chi connectivity index (χ1n) is 6.74. The summed E-state index contributed by atoms with van der Waals surface area (Å²) in [6, 6.07) is 15.9. The number of hydrogen-bond donors (Lipinski definition) is 0. The summed E-state index contributed by atoms with van der Waals surface area (Å²) in [5.41, 5.74) is 1.76. The van der Waals surface area contributed by atoms with Crippen LogP contribution in [-0.2, 0) is 0 Å². The Morgan fingerprint density at radius 2 is 1.77 bits per heavy atom. The van der Waals surface area contributed by atoms with Gasteiger partial charge in [-0.2, -0.15) is 4.68 Å². The molecule has 3 rings (SSSR count). The topological polar surface area (TPSA) is 46.8 Å². The maximum Gasteiger partial charge on any atom is 0.181 e. The van der Waals surface area contributed by atoms with Crippen LogP contribution < -0.4 is 4.90 Å². The molecule has 0 amide bonds. The number of benzene rings is 2. The highest BCUT2D eigenvalue weighted by Gasteiger charge is 2.05. The molecule has 3 aromatic rings. The molecule has 0 aliphatic rings. The average molecular weight is 295 g/mol. The van der Waals surface area contributed by atoms with Gasteiger partial charge in [-0.1, -0.05) is 18.2 Å². The van der Waals surface area contributed by atoms with Crippen molar-refractivity contribution in [1.82, 2.24) is 20.2 Å². The van der Waals surface area contributed by atoms with E-state index < -0.39 is 0 Å². The number of rotatable bonds is 4. The summed E-state index contributed by atoms with van der Waals surface area (Å²) in [5, 5.41) is 11.6. The van der Waals surface area contributed by atoms with Gasteiger partial charge in [0.05, 0.1) is 5.69 Å². The number of para-hydroxylation sites is 1. The lowest BCUT2D eigenvalue weighted by Crippen LogP contribution is -2.08. The Bertz CT molecular complexity index is 765. The van der Waals surface area contributed by atoms with Gasteiger partial charge in [-0.05, 0) is 46.8 Å². The Hall–Kier alpha value is -3.02. The minimum Gasteiger partial charge on any atom is -0.351 e. The lowest BCUT2D eigenvalue weighted by Gasteiger charge is -2.13. The van der Waals surface area contributed by atoms with Crippen molar-refractivity contribution in [3.8, 4) is 5.69 Å². The van der Waals surface area contributed by atoms with Gasteiger partial charge in [0.15, 0.2) is 5.82 Å². The molecular weight excluding hydrogens is 281 g/mol. The molecule has 0 saturated carbocycles. The molecule has 0 spiro atoms. The van der Waals surface area contributed by atoms with Gasteiger partial charge < -0.3 is 4.90 Å². The molecule has 0 fully saturated rings. The third kappa shape index (κ3) is 3.01. The molecule has 0 radical (unpaired) electrons. The van der Waals surface area contributed by atoms with Gasteiger partial charge in [0.1, 0.15) is 5.82 Å². The van der Waals surface area contributed by atoms with Crippen molar-refractivity contribution < 1.29 is 4.39 Å². The maximum atomic E-state index is 13.0. The zero-order valence-corrected chi connectivity index (χ0v) is 12.0. The van der Waals surface area contributed by atoms with Crippen molar-refractivity contribution in [3.63, 3.8) is 0 Å². The first kappa shape index (κ1) is 13.9. The predicted molar refractivity (Wildman–Crippen MR) is 83.0 cm³/mol. The quantitative estimate of drug-likeness (QED) is 0.742. The number of aromatic nitrogens is 4. The van der Waals surface area contributed by atoms with E-state index in [1.807, 2.05) is 48.5 Å². The SMILES string of the molecule is CN(C=Cc1nnnn1-c1ccc(F)cc1)c1ccccc1. The molecule has 0 aliphatic carbocycles. The summed E-state index contributed by atoms with van der Waals surface area (Å²) in [7, 11) is 1.94. The fourth-order valence-corrected chi connectivity index (χ4v) is 1.99. The summed E-state index contributed by atoms with van der Waals surface area (Å²) in [4.78, 5) is 1.96. The van der Waals surface area contributed by atoms with E-state index in [1.165, 1.54) is 12.1 Å². The van der Waals surface area contributed by atoms with E-state index in [9.17, 15) is 4.39 Å². The first-order chi connectivity index (χ1) is 10.7. The van der Waals surface area contributed by atoms with Gasteiger partial charge in [-0.3, -0.25) is 0 Å². The number of nitrogens with zero attached hydrogens (tertiary/aromatic N) is 5. The van der Waals surface area contributed by atoms with Gasteiger partial charge >= 0.3 is 0 Å². The summed E-state index contributed by atoms with van der Waals surface area (Å²) in [6.45, 7) is 0. The lowest BCUT2D eigenvalue weighted by molar-refractivity contribution is 0.626. The van der Waals surface area contributed by atoms with Crippen LogP contribution in [0.4, 0.5) is 10.1 Å². The summed E-state index contributed by atoms with van der Waals surface area (Å²) in [5.74, 6) is 0.270. The number of anilines is 1. The molecule has 1 aromatic heterocycles. The summed E-state index contributed by atoms with van der Waals surface area (Å²) >= 11 is 0. The molecule has 0 aliphatic heterocycles. The molecule has 22 heavy (non-hydrogen) atoms. The minimum atomic E-state index is -0.294. The van der Waals surface area contributed by atoms with Gasteiger partial charge in [0.25, 0.3) is 0 Å². The number of tetrazole rings is 1. The highest BCUT2D eigenvalue weighted by molar-refractivity contribution is 5.54. The highest BCUT2D eigenvalue weighted by atomic mass is 19.1. The van der Waals surface area contributed by atoms with E-state index in [0.717, 1.165) is 5.69 Å². The molecule has 110 valence electrons. The van der Waals surface area contributed by atoms with E-state index in [1.54, 1.807) is 22.9 Å². The van der Waals surface area contributed by atoms with Crippen LogP contribution >= 0.6 is 0 Å². The van der Waals surface area contributed by atoms with E-state index in [0.29, 0.717) is 11.5 Å². The van der Waals surface area contributed by atoms with Crippen LogP contribution in [0, 0.1) is 5.82 Å². The third-order valence-electron chi connectivity index (χ3n) is 3.18. The molecule has 0 atom stereocenters. The Labute approximate surface area is 127 Å². The van der Waals surface area contributed by atoms with Crippen molar-refractivity contribution in [2.24, 2.45) is 0 Å². The van der Waals surface area contributed by atoms with Crippen LogP contribution in [0.15, 0.2) is 60.8 Å². The largest absolute Gasteiger partial charge is 0.351 e. The second-order valence-electron chi connectivity index (χ2n) is 4.69. The molecule has 5 nitrogen and oxygen atoms in total. The number of hydrogen-bond acceptors (Lipinski definition) is 4. The maximum absolute atomic E-state index is 13.0.